The molecule has 1 aliphatic heterocycles. The molecule has 1 rings (SSSR count). The summed E-state index contributed by atoms with van der Waals surface area (Å²) < 4.78 is 10.6. The van der Waals surface area contributed by atoms with Gasteiger partial charge in [0.2, 0.25) is 0 Å². The normalized spacial score (nSPS) is 22.0. The van der Waals surface area contributed by atoms with Gasteiger partial charge in [-0.15, -0.1) is 0 Å². The van der Waals surface area contributed by atoms with Crippen molar-refractivity contribution in [2.45, 2.75) is 57.1 Å². The van der Waals surface area contributed by atoms with E-state index in [0.29, 0.717) is 6.10 Å². The number of ether oxygens (including phenoxy) is 2. The molecule has 0 radical (unpaired) electrons. The Balaban J connectivity index is 2.18. The molecule has 124 valence electrons. The van der Waals surface area contributed by atoms with Crippen LogP contribution in [0.2, 0.25) is 0 Å². The lowest BCUT2D eigenvalue weighted by molar-refractivity contribution is -0.148. The topological polar surface area (TPSA) is 50.8 Å². The predicted octanol–water partition coefficient (Wildman–Crippen LogP) is 1.81. The maximum absolute atomic E-state index is 11.7. The van der Waals surface area contributed by atoms with Gasteiger partial charge in [-0.05, 0) is 66.1 Å². The Hall–Kier alpha value is -0.650. The van der Waals surface area contributed by atoms with Crippen molar-refractivity contribution in [1.29, 1.82) is 0 Å². The summed E-state index contributed by atoms with van der Waals surface area (Å²) in [5.41, 5.74) is -0.570. The summed E-state index contributed by atoms with van der Waals surface area (Å²) in [6.45, 7) is 4.87. The highest BCUT2D eigenvalue weighted by Crippen LogP contribution is 2.16. The van der Waals surface area contributed by atoms with E-state index in [2.05, 4.69) is 17.3 Å². The Morgan fingerprint density at radius 1 is 1.43 bits per heavy atom. The molecule has 1 aliphatic rings. The molecule has 1 heterocycles. The minimum absolute atomic E-state index is 0.186. The number of likely N-dealkylation sites (N-methyl/N-ethyl adjacent to an activating group) is 2. The fourth-order valence-corrected chi connectivity index (χ4v) is 2.80. The van der Waals surface area contributed by atoms with Gasteiger partial charge in [-0.25, -0.2) is 0 Å². The summed E-state index contributed by atoms with van der Waals surface area (Å²) in [7, 11) is 5.40. The number of hydrogen-bond donors (Lipinski definition) is 1. The molecule has 0 spiro atoms. The molecule has 21 heavy (non-hydrogen) atoms. The summed E-state index contributed by atoms with van der Waals surface area (Å²) in [5, 5.41) is 3.07. The van der Waals surface area contributed by atoms with Crippen molar-refractivity contribution >= 4 is 5.97 Å². The van der Waals surface area contributed by atoms with E-state index in [9.17, 15) is 4.79 Å². The predicted molar refractivity (Wildman–Crippen MR) is 84.4 cm³/mol. The number of methoxy groups -OCH3 is 1. The lowest BCUT2D eigenvalue weighted by atomic mass is 9.95. The highest BCUT2D eigenvalue weighted by molar-refractivity contribution is 5.80. The zero-order valence-electron chi connectivity index (χ0n) is 14.1. The fourth-order valence-electron chi connectivity index (χ4n) is 2.80. The van der Waals surface area contributed by atoms with Crippen molar-refractivity contribution in [3.8, 4) is 0 Å². The van der Waals surface area contributed by atoms with Gasteiger partial charge in [0, 0.05) is 13.2 Å². The number of carbonyl (C=O) groups excluding carboxylic acids is 1. The molecule has 2 atom stereocenters. The molecule has 1 fully saturated rings. The third-order valence-corrected chi connectivity index (χ3v) is 4.44. The molecule has 2 unspecified atom stereocenters. The van der Waals surface area contributed by atoms with Crippen LogP contribution in [0.5, 0.6) is 0 Å². The first-order chi connectivity index (χ1) is 10.0. The van der Waals surface area contributed by atoms with E-state index in [-0.39, 0.29) is 5.97 Å². The molecule has 1 N–H and O–H groups in total. The van der Waals surface area contributed by atoms with Crippen LogP contribution in [0.1, 0.15) is 45.4 Å². The van der Waals surface area contributed by atoms with E-state index >= 15 is 0 Å². The van der Waals surface area contributed by atoms with Crippen LogP contribution < -0.4 is 5.32 Å². The van der Waals surface area contributed by atoms with Crippen molar-refractivity contribution in [2.75, 3.05) is 40.9 Å². The molecule has 5 nitrogen and oxygen atoms in total. The zero-order valence-corrected chi connectivity index (χ0v) is 14.1. The van der Waals surface area contributed by atoms with Crippen LogP contribution in [0, 0.1) is 0 Å². The van der Waals surface area contributed by atoms with Gasteiger partial charge in [-0.3, -0.25) is 4.79 Å². The van der Waals surface area contributed by atoms with Crippen LogP contribution in [-0.2, 0) is 14.3 Å². The molecule has 0 saturated carbocycles. The standard InChI is InChI=1S/C16H32N2O3/c1-16(17-2,15(19)20-4)10-6-7-11-18(3)13-14-9-5-8-12-21-14/h14,17H,5-13H2,1-4H3. The number of unbranched alkanes of at least 4 members (excludes halogenated alkanes) is 1. The quantitative estimate of drug-likeness (QED) is 0.520. The number of carbonyl (C=O) groups is 1. The first-order valence-corrected chi connectivity index (χ1v) is 8.09. The summed E-state index contributed by atoms with van der Waals surface area (Å²) in [4.78, 5) is 14.1. The number of hydrogen-bond acceptors (Lipinski definition) is 5. The van der Waals surface area contributed by atoms with Gasteiger partial charge in [-0.1, -0.05) is 0 Å². The smallest absolute Gasteiger partial charge is 0.325 e. The second kappa shape index (κ2) is 9.38. The van der Waals surface area contributed by atoms with Gasteiger partial charge in [0.05, 0.1) is 13.2 Å². The molecule has 0 aromatic heterocycles. The van der Waals surface area contributed by atoms with Crippen molar-refractivity contribution in [3.05, 3.63) is 0 Å². The van der Waals surface area contributed by atoms with Gasteiger partial charge in [-0.2, -0.15) is 0 Å². The molecule has 0 aliphatic carbocycles. The Kier molecular flexibility index (Phi) is 8.22. The molecular formula is C16H32N2O3. The summed E-state index contributed by atoms with van der Waals surface area (Å²) >= 11 is 0. The van der Waals surface area contributed by atoms with Crippen molar-refractivity contribution < 1.29 is 14.3 Å². The second-order valence-corrected chi connectivity index (χ2v) is 6.28. The molecule has 5 heteroatoms. The van der Waals surface area contributed by atoms with Crippen LogP contribution >= 0.6 is 0 Å². The molecule has 0 bridgehead atoms. The molecule has 0 aromatic rings. The van der Waals surface area contributed by atoms with Crippen LogP contribution in [-0.4, -0.2) is 63.4 Å². The van der Waals surface area contributed by atoms with Crippen LogP contribution in [0.15, 0.2) is 0 Å². The molecule has 0 aromatic carbocycles. The second-order valence-electron chi connectivity index (χ2n) is 6.28. The van der Waals surface area contributed by atoms with Crippen molar-refractivity contribution in [3.63, 3.8) is 0 Å². The van der Waals surface area contributed by atoms with Gasteiger partial charge in [0.1, 0.15) is 5.54 Å². The van der Waals surface area contributed by atoms with Gasteiger partial charge >= 0.3 is 5.97 Å². The third kappa shape index (κ3) is 6.32. The number of esters is 1. The first-order valence-electron chi connectivity index (χ1n) is 8.09. The average Bonchev–Trinajstić information content (AvgIpc) is 2.51. The molecule has 0 amide bonds. The van der Waals surface area contributed by atoms with E-state index in [0.717, 1.165) is 39.0 Å². The number of nitrogens with one attached hydrogen (secondary N) is 1. The monoisotopic (exact) mass is 300 g/mol. The van der Waals surface area contributed by atoms with Gasteiger partial charge in [0.25, 0.3) is 0 Å². The Bertz CT molecular complexity index is 306. The lowest BCUT2D eigenvalue weighted by Crippen LogP contribution is -2.48. The zero-order chi connectivity index (χ0) is 15.7. The number of nitrogens with zero attached hydrogens (tertiary/aromatic N) is 1. The van der Waals surface area contributed by atoms with E-state index < -0.39 is 5.54 Å². The van der Waals surface area contributed by atoms with Crippen LogP contribution in [0.4, 0.5) is 0 Å². The molecular weight excluding hydrogens is 268 g/mol. The van der Waals surface area contributed by atoms with Crippen molar-refractivity contribution in [1.82, 2.24) is 10.2 Å². The maximum atomic E-state index is 11.7. The van der Waals surface area contributed by atoms with Gasteiger partial charge in [0.15, 0.2) is 0 Å². The summed E-state index contributed by atoms with van der Waals surface area (Å²) in [6.07, 6.45) is 6.96. The first kappa shape index (κ1) is 18.4. The Morgan fingerprint density at radius 3 is 2.76 bits per heavy atom. The van der Waals surface area contributed by atoms with E-state index in [1.807, 2.05) is 14.0 Å². The average molecular weight is 300 g/mol. The highest BCUT2D eigenvalue weighted by Gasteiger charge is 2.31. The van der Waals surface area contributed by atoms with E-state index in [1.165, 1.54) is 26.4 Å². The minimum Gasteiger partial charge on any atom is -0.468 e. The fraction of sp³-hybridized carbons (Fsp3) is 0.938. The van der Waals surface area contributed by atoms with Crippen LogP contribution in [0.25, 0.3) is 0 Å². The minimum atomic E-state index is -0.570. The Labute approximate surface area is 129 Å². The summed E-state index contributed by atoms with van der Waals surface area (Å²) in [6, 6.07) is 0. The van der Waals surface area contributed by atoms with E-state index in [4.69, 9.17) is 9.47 Å². The lowest BCUT2D eigenvalue weighted by Gasteiger charge is -2.28. The summed E-state index contributed by atoms with van der Waals surface area (Å²) in [5.74, 6) is -0.186. The van der Waals surface area contributed by atoms with Gasteiger partial charge < -0.3 is 19.7 Å². The highest BCUT2D eigenvalue weighted by atomic mass is 16.5. The Morgan fingerprint density at radius 2 is 2.19 bits per heavy atom. The van der Waals surface area contributed by atoms with Crippen molar-refractivity contribution in [2.24, 2.45) is 0 Å². The largest absolute Gasteiger partial charge is 0.468 e. The van der Waals surface area contributed by atoms with Crippen LogP contribution in [0.3, 0.4) is 0 Å². The third-order valence-electron chi connectivity index (χ3n) is 4.44. The number of rotatable bonds is 9. The van der Waals surface area contributed by atoms with E-state index in [1.54, 1.807) is 0 Å². The maximum Gasteiger partial charge on any atom is 0.325 e. The molecule has 1 saturated heterocycles. The SMILES string of the molecule is CNC(C)(CCCCN(C)CC1CCCCO1)C(=O)OC.